The molecule has 64 valence electrons. The molecular weight excluding hydrogens is 144 g/mol. The number of carbonyl (C=O) groups is 1. The maximum atomic E-state index is 11.1. The van der Waals surface area contributed by atoms with Crippen molar-refractivity contribution in [2.75, 3.05) is 13.2 Å². The maximum absolute atomic E-state index is 11.1. The van der Waals surface area contributed by atoms with Gasteiger partial charge in [0.05, 0.1) is 6.61 Å². The minimum Gasteiger partial charge on any atom is -0.465 e. The molecule has 0 aliphatic carbocycles. The van der Waals surface area contributed by atoms with Gasteiger partial charge in [0.2, 0.25) is 0 Å². The Hall–Kier alpha value is -0.610. The fraction of sp³-hybridized carbons (Fsp3) is 0.857. The molecule has 4 nitrogen and oxygen atoms in total. The monoisotopic (exact) mass is 158 g/mol. The van der Waals surface area contributed by atoms with Gasteiger partial charge >= 0.3 is 5.97 Å². The van der Waals surface area contributed by atoms with Crippen LogP contribution in [0.25, 0.3) is 0 Å². The largest absolute Gasteiger partial charge is 0.465 e. The van der Waals surface area contributed by atoms with Crippen molar-refractivity contribution in [3.8, 4) is 0 Å². The van der Waals surface area contributed by atoms with Crippen molar-refractivity contribution in [2.24, 2.45) is 5.73 Å². The molecule has 0 saturated carbocycles. The van der Waals surface area contributed by atoms with Gasteiger partial charge in [0, 0.05) is 12.6 Å². The highest BCUT2D eigenvalue weighted by molar-refractivity contribution is 5.76. The van der Waals surface area contributed by atoms with Crippen molar-refractivity contribution in [1.82, 2.24) is 5.32 Å². The van der Waals surface area contributed by atoms with E-state index in [4.69, 9.17) is 10.5 Å². The van der Waals surface area contributed by atoms with Crippen LogP contribution in [-0.4, -0.2) is 31.2 Å². The first-order valence-electron chi connectivity index (χ1n) is 3.89. The second kappa shape index (κ2) is 3.69. The quantitative estimate of drug-likeness (QED) is 0.518. The van der Waals surface area contributed by atoms with E-state index in [1.165, 1.54) is 0 Å². The highest BCUT2D eigenvalue weighted by atomic mass is 16.5. The van der Waals surface area contributed by atoms with Gasteiger partial charge in [0.25, 0.3) is 0 Å². The summed E-state index contributed by atoms with van der Waals surface area (Å²) in [6, 6.07) is -0.0747. The van der Waals surface area contributed by atoms with E-state index >= 15 is 0 Å². The molecule has 11 heavy (non-hydrogen) atoms. The Labute approximate surface area is 66.1 Å². The summed E-state index contributed by atoms with van der Waals surface area (Å²) in [5.74, 6) is -0.180. The summed E-state index contributed by atoms with van der Waals surface area (Å²) < 4.78 is 4.82. The molecule has 0 bridgehead atoms. The minimum absolute atomic E-state index is 0.101. The predicted octanol–water partition coefficient (Wildman–Crippen LogP) is -0.761. The topological polar surface area (TPSA) is 64.3 Å². The molecule has 1 fully saturated rings. The highest BCUT2D eigenvalue weighted by Crippen LogP contribution is 2.05. The minimum atomic E-state index is -0.180. The van der Waals surface area contributed by atoms with Gasteiger partial charge in [-0.05, 0) is 13.3 Å². The summed E-state index contributed by atoms with van der Waals surface area (Å²) in [5, 5.41) is 2.99. The lowest BCUT2D eigenvalue weighted by atomic mass is 10.2. The van der Waals surface area contributed by atoms with Gasteiger partial charge in [-0.15, -0.1) is 0 Å². The van der Waals surface area contributed by atoms with Crippen molar-refractivity contribution < 1.29 is 9.53 Å². The van der Waals surface area contributed by atoms with Gasteiger partial charge in [0.15, 0.2) is 0 Å². The third kappa shape index (κ3) is 2.17. The molecule has 0 aromatic carbocycles. The van der Waals surface area contributed by atoms with Crippen molar-refractivity contribution in [1.29, 1.82) is 0 Å². The van der Waals surface area contributed by atoms with Gasteiger partial charge in [-0.3, -0.25) is 4.79 Å². The number of nitrogens with two attached hydrogens (primary N) is 1. The van der Waals surface area contributed by atoms with Gasteiger partial charge in [-0.1, -0.05) is 0 Å². The Balaban J connectivity index is 2.31. The standard InChI is InChI=1S/C7H14N2O2/c1-2-11-7(10)6-3-5(8)4-9-6/h5-6,9H,2-4,8H2,1H3/t5-,6-/m0/s1. The molecule has 0 aromatic rings. The van der Waals surface area contributed by atoms with Crippen molar-refractivity contribution in [3.63, 3.8) is 0 Å². The Bertz CT molecular complexity index is 149. The molecule has 0 radical (unpaired) electrons. The third-order valence-corrected chi connectivity index (χ3v) is 1.74. The van der Waals surface area contributed by atoms with Crippen LogP contribution in [0.2, 0.25) is 0 Å². The predicted molar refractivity (Wildman–Crippen MR) is 41.0 cm³/mol. The SMILES string of the molecule is CCOC(=O)[C@@H]1C[C@H](N)CN1. The van der Waals surface area contributed by atoms with Gasteiger partial charge in [0.1, 0.15) is 6.04 Å². The van der Waals surface area contributed by atoms with E-state index in [2.05, 4.69) is 5.32 Å². The Morgan fingerprint density at radius 3 is 3.00 bits per heavy atom. The van der Waals surface area contributed by atoms with Crippen LogP contribution in [-0.2, 0) is 9.53 Å². The maximum Gasteiger partial charge on any atom is 0.323 e. The molecule has 0 spiro atoms. The molecule has 1 heterocycles. The lowest BCUT2D eigenvalue weighted by Gasteiger charge is -2.07. The smallest absolute Gasteiger partial charge is 0.323 e. The van der Waals surface area contributed by atoms with Crippen molar-refractivity contribution in [2.45, 2.75) is 25.4 Å². The van der Waals surface area contributed by atoms with Crippen LogP contribution >= 0.6 is 0 Å². The van der Waals surface area contributed by atoms with E-state index in [1.54, 1.807) is 6.92 Å². The van der Waals surface area contributed by atoms with E-state index < -0.39 is 0 Å². The number of nitrogens with one attached hydrogen (secondary N) is 1. The summed E-state index contributed by atoms with van der Waals surface area (Å²) >= 11 is 0. The summed E-state index contributed by atoms with van der Waals surface area (Å²) in [6.07, 6.45) is 0.693. The number of ether oxygens (including phenoxy) is 1. The average molecular weight is 158 g/mol. The molecule has 1 rings (SSSR count). The van der Waals surface area contributed by atoms with Gasteiger partial charge < -0.3 is 15.8 Å². The Morgan fingerprint density at radius 1 is 1.82 bits per heavy atom. The number of rotatable bonds is 2. The zero-order valence-electron chi connectivity index (χ0n) is 6.67. The molecule has 0 aromatic heterocycles. The van der Waals surface area contributed by atoms with Crippen LogP contribution in [0.5, 0.6) is 0 Å². The first-order chi connectivity index (χ1) is 5.24. The summed E-state index contributed by atoms with van der Waals surface area (Å²) in [6.45, 7) is 2.95. The second-order valence-corrected chi connectivity index (χ2v) is 2.71. The lowest BCUT2D eigenvalue weighted by molar-refractivity contribution is -0.145. The van der Waals surface area contributed by atoms with Crippen LogP contribution < -0.4 is 11.1 Å². The van der Waals surface area contributed by atoms with E-state index in [9.17, 15) is 4.79 Å². The molecule has 4 heteroatoms. The molecule has 0 unspecified atom stereocenters. The van der Waals surface area contributed by atoms with Gasteiger partial charge in [-0.2, -0.15) is 0 Å². The lowest BCUT2D eigenvalue weighted by Crippen LogP contribution is -2.32. The zero-order chi connectivity index (χ0) is 8.27. The normalized spacial score (nSPS) is 30.4. The van der Waals surface area contributed by atoms with Crippen LogP contribution in [0.4, 0.5) is 0 Å². The number of hydrogen-bond donors (Lipinski definition) is 2. The molecule has 1 aliphatic rings. The molecule has 0 amide bonds. The fourth-order valence-electron chi connectivity index (χ4n) is 1.19. The first-order valence-corrected chi connectivity index (χ1v) is 3.89. The number of hydrogen-bond acceptors (Lipinski definition) is 4. The number of carbonyl (C=O) groups excluding carboxylic acids is 1. The van der Waals surface area contributed by atoms with Crippen LogP contribution in [0.1, 0.15) is 13.3 Å². The van der Waals surface area contributed by atoms with Crippen molar-refractivity contribution in [3.05, 3.63) is 0 Å². The van der Waals surface area contributed by atoms with E-state index in [0.717, 1.165) is 0 Å². The van der Waals surface area contributed by atoms with Crippen LogP contribution in [0.15, 0.2) is 0 Å². The first kappa shape index (κ1) is 8.49. The summed E-state index contributed by atoms with van der Waals surface area (Å²) in [5.41, 5.74) is 5.59. The summed E-state index contributed by atoms with van der Waals surface area (Å²) in [4.78, 5) is 11.1. The Kier molecular flexibility index (Phi) is 2.84. The number of esters is 1. The van der Waals surface area contributed by atoms with Crippen molar-refractivity contribution >= 4 is 5.97 Å². The van der Waals surface area contributed by atoms with Crippen LogP contribution in [0, 0.1) is 0 Å². The average Bonchev–Trinajstić information content (AvgIpc) is 2.36. The third-order valence-electron chi connectivity index (χ3n) is 1.74. The van der Waals surface area contributed by atoms with E-state index in [1.807, 2.05) is 0 Å². The van der Waals surface area contributed by atoms with E-state index in [-0.39, 0.29) is 18.1 Å². The zero-order valence-corrected chi connectivity index (χ0v) is 6.67. The van der Waals surface area contributed by atoms with Crippen LogP contribution in [0.3, 0.4) is 0 Å². The molecule has 2 atom stereocenters. The molecule has 3 N–H and O–H groups in total. The molecule has 1 aliphatic heterocycles. The molecular formula is C7H14N2O2. The fourth-order valence-corrected chi connectivity index (χ4v) is 1.19. The van der Waals surface area contributed by atoms with E-state index in [0.29, 0.717) is 19.6 Å². The highest BCUT2D eigenvalue weighted by Gasteiger charge is 2.27. The molecule has 1 saturated heterocycles. The summed E-state index contributed by atoms with van der Waals surface area (Å²) in [7, 11) is 0. The van der Waals surface area contributed by atoms with Gasteiger partial charge in [-0.25, -0.2) is 0 Å². The Morgan fingerprint density at radius 2 is 2.55 bits per heavy atom. The second-order valence-electron chi connectivity index (χ2n) is 2.71.